The normalized spacial score (nSPS) is 22.4. The van der Waals surface area contributed by atoms with Crippen molar-refractivity contribution < 1.29 is 4.79 Å². The molecule has 6 heteroatoms. The molecule has 0 bridgehead atoms. The van der Waals surface area contributed by atoms with Gasteiger partial charge in [-0.25, -0.2) is 0 Å². The first-order valence-electron chi connectivity index (χ1n) is 9.38. The number of aryl methyl sites for hydroxylation is 2. The zero-order valence-electron chi connectivity index (χ0n) is 14.8. The molecule has 0 spiro atoms. The minimum atomic E-state index is 0.0335. The second-order valence-electron chi connectivity index (χ2n) is 7.55. The first-order chi connectivity index (χ1) is 12.2. The Bertz CT molecular complexity index is 731. The van der Waals surface area contributed by atoms with Crippen LogP contribution in [0.25, 0.3) is 0 Å². The SMILES string of the molecule is Cc1nnc2n1CC(C(=O)NCC1(c3cccs3)CCCCC1)CC2. The Morgan fingerprint density at radius 2 is 2.20 bits per heavy atom. The standard InChI is InChI=1S/C19H26N4OS/c1-14-21-22-17-8-7-15(12-23(14)17)18(24)20-13-19(9-3-2-4-10-19)16-6-5-11-25-16/h5-6,11,15H,2-4,7-10,12-13H2,1H3,(H,20,24). The summed E-state index contributed by atoms with van der Waals surface area (Å²) < 4.78 is 2.10. The number of rotatable bonds is 4. The number of hydrogen-bond donors (Lipinski definition) is 1. The van der Waals surface area contributed by atoms with E-state index >= 15 is 0 Å². The summed E-state index contributed by atoms with van der Waals surface area (Å²) in [5.41, 5.74) is 0.147. The molecule has 0 aromatic carbocycles. The zero-order chi connectivity index (χ0) is 17.3. The number of carbonyl (C=O) groups is 1. The van der Waals surface area contributed by atoms with E-state index in [1.54, 1.807) is 0 Å². The Morgan fingerprint density at radius 1 is 1.36 bits per heavy atom. The number of amides is 1. The maximum atomic E-state index is 12.8. The van der Waals surface area contributed by atoms with Crippen LogP contribution in [0.1, 0.15) is 55.1 Å². The average Bonchev–Trinajstić information content (AvgIpc) is 3.31. The van der Waals surface area contributed by atoms with E-state index in [1.165, 1.54) is 37.0 Å². The van der Waals surface area contributed by atoms with E-state index in [-0.39, 0.29) is 17.2 Å². The summed E-state index contributed by atoms with van der Waals surface area (Å²) in [6.45, 7) is 3.45. The van der Waals surface area contributed by atoms with Gasteiger partial charge in [0.2, 0.25) is 5.91 Å². The molecule has 1 aliphatic heterocycles. The van der Waals surface area contributed by atoms with Gasteiger partial charge in [0.15, 0.2) is 0 Å². The lowest BCUT2D eigenvalue weighted by Gasteiger charge is -2.37. The minimum Gasteiger partial charge on any atom is -0.355 e. The number of fused-ring (bicyclic) bond motifs is 1. The lowest BCUT2D eigenvalue weighted by Crippen LogP contribution is -2.45. The van der Waals surface area contributed by atoms with Gasteiger partial charge in [-0.3, -0.25) is 4.79 Å². The van der Waals surface area contributed by atoms with Crippen LogP contribution in [0.2, 0.25) is 0 Å². The molecule has 1 aliphatic carbocycles. The van der Waals surface area contributed by atoms with Crippen LogP contribution in [0.5, 0.6) is 0 Å². The van der Waals surface area contributed by atoms with Crippen molar-refractivity contribution >= 4 is 17.2 Å². The summed E-state index contributed by atoms with van der Waals surface area (Å²) in [7, 11) is 0. The highest BCUT2D eigenvalue weighted by Gasteiger charge is 2.36. The zero-order valence-corrected chi connectivity index (χ0v) is 15.6. The minimum absolute atomic E-state index is 0.0335. The third-order valence-corrected chi connectivity index (χ3v) is 7.07. The number of hydrogen-bond acceptors (Lipinski definition) is 4. The fraction of sp³-hybridized carbons (Fsp3) is 0.632. The molecule has 1 atom stereocenters. The third-order valence-electron chi connectivity index (χ3n) is 5.96. The monoisotopic (exact) mass is 358 g/mol. The molecule has 2 aromatic rings. The van der Waals surface area contributed by atoms with Crippen molar-refractivity contribution in [2.75, 3.05) is 6.54 Å². The summed E-state index contributed by atoms with van der Waals surface area (Å²) >= 11 is 1.84. The van der Waals surface area contributed by atoms with Crippen LogP contribution < -0.4 is 5.32 Å². The lowest BCUT2D eigenvalue weighted by atomic mass is 9.73. The van der Waals surface area contributed by atoms with Crippen molar-refractivity contribution in [2.24, 2.45) is 5.92 Å². The van der Waals surface area contributed by atoms with Gasteiger partial charge in [-0.05, 0) is 37.6 Å². The molecule has 1 N–H and O–H groups in total. The van der Waals surface area contributed by atoms with Crippen LogP contribution >= 0.6 is 11.3 Å². The molecule has 25 heavy (non-hydrogen) atoms. The topological polar surface area (TPSA) is 59.8 Å². The predicted molar refractivity (Wildman–Crippen MR) is 98.7 cm³/mol. The highest BCUT2D eigenvalue weighted by Crippen LogP contribution is 2.41. The molecule has 1 amide bonds. The fourth-order valence-corrected chi connectivity index (χ4v) is 5.38. The molecule has 1 saturated carbocycles. The number of nitrogens with zero attached hydrogens (tertiary/aromatic N) is 3. The molecule has 134 valence electrons. The van der Waals surface area contributed by atoms with Crippen LogP contribution in [0.15, 0.2) is 17.5 Å². The van der Waals surface area contributed by atoms with Crippen LogP contribution in [-0.2, 0) is 23.2 Å². The molecule has 2 aromatic heterocycles. The molecular formula is C19H26N4OS. The Balaban J connectivity index is 1.43. The van der Waals surface area contributed by atoms with E-state index in [0.717, 1.165) is 31.0 Å². The Kier molecular flexibility index (Phi) is 4.63. The van der Waals surface area contributed by atoms with E-state index < -0.39 is 0 Å². The highest BCUT2D eigenvalue weighted by atomic mass is 32.1. The summed E-state index contributed by atoms with van der Waals surface area (Å²) in [5.74, 6) is 2.16. The molecular weight excluding hydrogens is 332 g/mol. The van der Waals surface area contributed by atoms with E-state index in [9.17, 15) is 4.79 Å². The first-order valence-corrected chi connectivity index (χ1v) is 10.3. The van der Waals surface area contributed by atoms with Gasteiger partial charge in [-0.15, -0.1) is 21.5 Å². The van der Waals surface area contributed by atoms with Crippen molar-refractivity contribution in [1.29, 1.82) is 0 Å². The van der Waals surface area contributed by atoms with E-state index in [0.29, 0.717) is 6.54 Å². The van der Waals surface area contributed by atoms with Gasteiger partial charge in [0.05, 0.1) is 5.92 Å². The van der Waals surface area contributed by atoms with Gasteiger partial charge in [-0.1, -0.05) is 25.3 Å². The van der Waals surface area contributed by atoms with Crippen LogP contribution in [0, 0.1) is 12.8 Å². The van der Waals surface area contributed by atoms with Crippen molar-refractivity contribution in [3.63, 3.8) is 0 Å². The van der Waals surface area contributed by atoms with Crippen LogP contribution in [0.4, 0.5) is 0 Å². The van der Waals surface area contributed by atoms with Crippen LogP contribution in [-0.4, -0.2) is 27.2 Å². The van der Waals surface area contributed by atoms with Crippen molar-refractivity contribution in [3.05, 3.63) is 34.0 Å². The van der Waals surface area contributed by atoms with Gasteiger partial charge in [0, 0.05) is 29.8 Å². The summed E-state index contributed by atoms with van der Waals surface area (Å²) in [5, 5.41) is 13.8. The maximum absolute atomic E-state index is 12.8. The summed E-state index contributed by atoms with van der Waals surface area (Å²) in [6, 6.07) is 4.38. The molecule has 1 unspecified atom stereocenters. The molecule has 0 radical (unpaired) electrons. The molecule has 2 aliphatic rings. The molecule has 1 fully saturated rings. The summed E-state index contributed by atoms with van der Waals surface area (Å²) in [6.07, 6.45) is 7.94. The highest BCUT2D eigenvalue weighted by molar-refractivity contribution is 7.10. The van der Waals surface area contributed by atoms with Crippen molar-refractivity contribution in [1.82, 2.24) is 20.1 Å². The van der Waals surface area contributed by atoms with Gasteiger partial charge >= 0.3 is 0 Å². The molecule has 0 saturated heterocycles. The molecule has 5 nitrogen and oxygen atoms in total. The van der Waals surface area contributed by atoms with Crippen LogP contribution in [0.3, 0.4) is 0 Å². The van der Waals surface area contributed by atoms with Crippen molar-refractivity contribution in [2.45, 2.75) is 63.8 Å². The Hall–Kier alpha value is -1.69. The Morgan fingerprint density at radius 3 is 2.96 bits per heavy atom. The van der Waals surface area contributed by atoms with Gasteiger partial charge in [-0.2, -0.15) is 0 Å². The quantitative estimate of drug-likeness (QED) is 0.913. The smallest absolute Gasteiger partial charge is 0.224 e. The Labute approximate surface area is 152 Å². The number of thiophene rings is 1. The number of carbonyl (C=O) groups excluding carboxylic acids is 1. The fourth-order valence-electron chi connectivity index (χ4n) is 4.40. The largest absolute Gasteiger partial charge is 0.355 e. The maximum Gasteiger partial charge on any atom is 0.224 e. The third kappa shape index (κ3) is 3.24. The van der Waals surface area contributed by atoms with E-state index in [2.05, 4.69) is 37.6 Å². The summed E-state index contributed by atoms with van der Waals surface area (Å²) in [4.78, 5) is 14.3. The number of aromatic nitrogens is 3. The van der Waals surface area contributed by atoms with Crippen molar-refractivity contribution in [3.8, 4) is 0 Å². The molecule has 4 rings (SSSR count). The van der Waals surface area contributed by atoms with Gasteiger partial charge in [0.1, 0.15) is 11.6 Å². The second kappa shape index (κ2) is 6.90. The predicted octanol–water partition coefficient (Wildman–Crippen LogP) is 3.23. The second-order valence-corrected chi connectivity index (χ2v) is 8.49. The number of nitrogens with one attached hydrogen (secondary N) is 1. The van der Waals surface area contributed by atoms with Gasteiger partial charge in [0.25, 0.3) is 0 Å². The van der Waals surface area contributed by atoms with Gasteiger partial charge < -0.3 is 9.88 Å². The lowest BCUT2D eigenvalue weighted by molar-refractivity contribution is -0.126. The molecule has 3 heterocycles. The van der Waals surface area contributed by atoms with E-state index in [4.69, 9.17) is 0 Å². The van der Waals surface area contributed by atoms with E-state index in [1.807, 2.05) is 18.3 Å². The first kappa shape index (κ1) is 16.8. The average molecular weight is 359 g/mol.